The number of hydrogen-bond acceptors (Lipinski definition) is 3. The number of para-hydroxylation sites is 1. The highest BCUT2D eigenvalue weighted by Crippen LogP contribution is 2.23. The van der Waals surface area contributed by atoms with Gasteiger partial charge in [-0.15, -0.1) is 0 Å². The van der Waals surface area contributed by atoms with E-state index in [1.165, 1.54) is 25.3 Å². The average Bonchev–Trinajstić information content (AvgIpc) is 2.48. The highest BCUT2D eigenvalue weighted by molar-refractivity contribution is 7.80. The molecule has 5 nitrogen and oxygen atoms in total. The van der Waals surface area contributed by atoms with Crippen LogP contribution in [-0.4, -0.2) is 22.2 Å². The number of nitrogens with one attached hydrogen (secondary N) is 3. The Morgan fingerprint density at radius 2 is 1.95 bits per heavy atom. The maximum atomic E-state index is 11.9. The van der Waals surface area contributed by atoms with Crippen molar-refractivity contribution in [3.05, 3.63) is 29.8 Å². The molecule has 2 rings (SSSR count). The van der Waals surface area contributed by atoms with Gasteiger partial charge < -0.3 is 10.4 Å². The summed E-state index contributed by atoms with van der Waals surface area (Å²) in [6, 6.07) is 6.72. The van der Waals surface area contributed by atoms with Crippen molar-refractivity contribution in [2.24, 2.45) is 5.92 Å². The van der Waals surface area contributed by atoms with Crippen molar-refractivity contribution in [1.29, 1.82) is 0 Å². The molecule has 0 aliphatic heterocycles. The molecule has 0 aromatic heterocycles. The molecular formula is C15H21N3O2S. The van der Waals surface area contributed by atoms with Crippen LogP contribution in [0.5, 0.6) is 5.75 Å². The predicted octanol–water partition coefficient (Wildman–Crippen LogP) is 2.08. The van der Waals surface area contributed by atoms with Gasteiger partial charge in [-0.3, -0.25) is 15.6 Å². The van der Waals surface area contributed by atoms with Gasteiger partial charge in [0.1, 0.15) is 5.75 Å². The standard InChI is InChI=1S/C15H21N3O2S/c1-10-6-2-4-8-12(10)16-15(21)18-17-14(20)11-7-3-5-9-13(11)19/h3,5,7,9-10,12,19H,2,4,6,8H2,1H3,(H,17,20)(H2,16,18,21). The first-order chi connectivity index (χ1) is 10.1. The van der Waals surface area contributed by atoms with Gasteiger partial charge in [0.15, 0.2) is 5.11 Å². The Morgan fingerprint density at radius 1 is 1.24 bits per heavy atom. The highest BCUT2D eigenvalue weighted by atomic mass is 32.1. The first-order valence-corrected chi connectivity index (χ1v) is 7.63. The third kappa shape index (κ3) is 4.32. The molecule has 114 valence electrons. The Balaban J connectivity index is 1.81. The summed E-state index contributed by atoms with van der Waals surface area (Å²) < 4.78 is 0. The van der Waals surface area contributed by atoms with Crippen LogP contribution in [0.1, 0.15) is 43.0 Å². The Hall–Kier alpha value is -1.82. The van der Waals surface area contributed by atoms with Gasteiger partial charge in [-0.05, 0) is 43.1 Å². The van der Waals surface area contributed by atoms with Crippen LogP contribution in [-0.2, 0) is 0 Å². The minimum Gasteiger partial charge on any atom is -0.507 e. The van der Waals surface area contributed by atoms with E-state index in [2.05, 4.69) is 23.1 Å². The minimum atomic E-state index is -0.422. The Morgan fingerprint density at radius 3 is 2.67 bits per heavy atom. The number of carbonyl (C=O) groups is 1. The third-order valence-electron chi connectivity index (χ3n) is 3.87. The maximum Gasteiger partial charge on any atom is 0.273 e. The van der Waals surface area contributed by atoms with Gasteiger partial charge in [0, 0.05) is 6.04 Å². The number of phenolic OH excluding ortho intramolecular Hbond substituents is 1. The first kappa shape index (κ1) is 15.6. The zero-order valence-corrected chi connectivity index (χ0v) is 12.9. The van der Waals surface area contributed by atoms with Gasteiger partial charge in [0.2, 0.25) is 0 Å². The quantitative estimate of drug-likeness (QED) is 0.497. The molecule has 0 spiro atoms. The summed E-state index contributed by atoms with van der Waals surface area (Å²) in [5.41, 5.74) is 5.38. The number of hydrazine groups is 1. The average molecular weight is 307 g/mol. The van der Waals surface area contributed by atoms with Crippen LogP contribution >= 0.6 is 12.2 Å². The molecule has 0 bridgehead atoms. The van der Waals surface area contributed by atoms with Crippen molar-refractivity contribution in [1.82, 2.24) is 16.2 Å². The molecule has 1 aliphatic carbocycles. The number of benzene rings is 1. The molecule has 1 fully saturated rings. The number of thiocarbonyl (C=S) groups is 1. The summed E-state index contributed by atoms with van der Waals surface area (Å²) >= 11 is 5.19. The number of carbonyl (C=O) groups excluding carboxylic acids is 1. The molecule has 1 aromatic rings. The predicted molar refractivity (Wildman–Crippen MR) is 85.9 cm³/mol. The number of aromatic hydroxyl groups is 1. The fourth-order valence-corrected chi connectivity index (χ4v) is 2.78. The fourth-order valence-electron chi connectivity index (χ4n) is 2.58. The van der Waals surface area contributed by atoms with E-state index in [0.717, 1.165) is 6.42 Å². The Kier molecular flexibility index (Phi) is 5.38. The molecule has 4 N–H and O–H groups in total. The van der Waals surface area contributed by atoms with E-state index in [0.29, 0.717) is 17.1 Å². The minimum absolute atomic E-state index is 0.0587. The zero-order valence-electron chi connectivity index (χ0n) is 12.1. The van der Waals surface area contributed by atoms with Crippen molar-refractivity contribution in [3.63, 3.8) is 0 Å². The van der Waals surface area contributed by atoms with Crippen LogP contribution < -0.4 is 16.2 Å². The topological polar surface area (TPSA) is 73.4 Å². The molecular weight excluding hydrogens is 286 g/mol. The maximum absolute atomic E-state index is 11.9. The van der Waals surface area contributed by atoms with E-state index in [9.17, 15) is 9.90 Å². The van der Waals surface area contributed by atoms with E-state index in [1.807, 2.05) is 0 Å². The first-order valence-electron chi connectivity index (χ1n) is 7.23. The van der Waals surface area contributed by atoms with Gasteiger partial charge >= 0.3 is 0 Å². The van der Waals surface area contributed by atoms with E-state index < -0.39 is 5.91 Å². The summed E-state index contributed by atoms with van der Waals surface area (Å²) in [5, 5.41) is 13.2. The summed E-state index contributed by atoms with van der Waals surface area (Å²) in [6.45, 7) is 2.21. The van der Waals surface area contributed by atoms with Crippen LogP contribution in [0.3, 0.4) is 0 Å². The molecule has 2 atom stereocenters. The summed E-state index contributed by atoms with van der Waals surface area (Å²) in [5.74, 6) is 0.0953. The van der Waals surface area contributed by atoms with Crippen LogP contribution in [0.25, 0.3) is 0 Å². The van der Waals surface area contributed by atoms with E-state index in [4.69, 9.17) is 12.2 Å². The van der Waals surface area contributed by atoms with Crippen molar-refractivity contribution in [3.8, 4) is 5.75 Å². The SMILES string of the molecule is CC1CCCCC1NC(=S)NNC(=O)c1ccccc1O. The van der Waals surface area contributed by atoms with Gasteiger partial charge in [-0.2, -0.15) is 0 Å². The second kappa shape index (κ2) is 7.26. The highest BCUT2D eigenvalue weighted by Gasteiger charge is 2.21. The van der Waals surface area contributed by atoms with Crippen molar-refractivity contribution in [2.45, 2.75) is 38.6 Å². The monoisotopic (exact) mass is 307 g/mol. The lowest BCUT2D eigenvalue weighted by Gasteiger charge is -2.30. The molecule has 0 saturated heterocycles. The second-order valence-electron chi connectivity index (χ2n) is 5.44. The molecule has 21 heavy (non-hydrogen) atoms. The van der Waals surface area contributed by atoms with Crippen LogP contribution in [0.15, 0.2) is 24.3 Å². The van der Waals surface area contributed by atoms with Crippen LogP contribution in [0, 0.1) is 5.92 Å². The molecule has 0 radical (unpaired) electrons. The molecule has 2 unspecified atom stereocenters. The van der Waals surface area contributed by atoms with Crippen molar-refractivity contribution >= 4 is 23.2 Å². The molecule has 0 heterocycles. The van der Waals surface area contributed by atoms with Gasteiger partial charge in [0.25, 0.3) is 5.91 Å². The summed E-state index contributed by atoms with van der Waals surface area (Å²) in [6.07, 6.45) is 4.76. The van der Waals surface area contributed by atoms with E-state index in [-0.39, 0.29) is 11.3 Å². The lowest BCUT2D eigenvalue weighted by atomic mass is 9.86. The van der Waals surface area contributed by atoms with Crippen LogP contribution in [0.2, 0.25) is 0 Å². The molecule has 6 heteroatoms. The second-order valence-corrected chi connectivity index (χ2v) is 5.85. The summed E-state index contributed by atoms with van der Waals surface area (Å²) in [7, 11) is 0. The Bertz CT molecular complexity index is 521. The molecule has 1 saturated carbocycles. The number of phenols is 1. The number of rotatable bonds is 2. The van der Waals surface area contributed by atoms with E-state index in [1.54, 1.807) is 18.2 Å². The lowest BCUT2D eigenvalue weighted by Crippen LogP contribution is -2.51. The third-order valence-corrected chi connectivity index (χ3v) is 4.09. The smallest absolute Gasteiger partial charge is 0.273 e. The van der Waals surface area contributed by atoms with Gasteiger partial charge in [0.05, 0.1) is 5.56 Å². The van der Waals surface area contributed by atoms with Gasteiger partial charge in [-0.25, -0.2) is 0 Å². The van der Waals surface area contributed by atoms with Crippen LogP contribution in [0.4, 0.5) is 0 Å². The normalized spacial score (nSPS) is 21.4. The zero-order chi connectivity index (χ0) is 15.2. The lowest BCUT2D eigenvalue weighted by molar-refractivity contribution is 0.0940. The largest absolute Gasteiger partial charge is 0.507 e. The summed E-state index contributed by atoms with van der Waals surface area (Å²) in [4.78, 5) is 11.9. The van der Waals surface area contributed by atoms with Crippen molar-refractivity contribution in [2.75, 3.05) is 0 Å². The molecule has 1 amide bonds. The van der Waals surface area contributed by atoms with Crippen molar-refractivity contribution < 1.29 is 9.90 Å². The molecule has 1 aromatic carbocycles. The molecule has 1 aliphatic rings. The Labute approximate surface area is 130 Å². The van der Waals surface area contributed by atoms with Gasteiger partial charge in [-0.1, -0.05) is 31.9 Å². The van der Waals surface area contributed by atoms with E-state index >= 15 is 0 Å². The fraction of sp³-hybridized carbons (Fsp3) is 0.467. The number of amides is 1. The number of hydrogen-bond donors (Lipinski definition) is 4.